The zero-order chi connectivity index (χ0) is 13.7. The van der Waals surface area contributed by atoms with Crippen LogP contribution in [0, 0.1) is 0 Å². The molecule has 7 heteroatoms. The van der Waals surface area contributed by atoms with Crippen LogP contribution in [0.1, 0.15) is 13.8 Å². The topological polar surface area (TPSA) is 102 Å². The minimum atomic E-state index is -0.963. The summed E-state index contributed by atoms with van der Waals surface area (Å²) < 4.78 is 9.57. The molecule has 1 rings (SSSR count). The Labute approximate surface area is 105 Å². The van der Waals surface area contributed by atoms with Gasteiger partial charge in [0.15, 0.2) is 6.10 Å². The number of rotatable bonds is 5. The standard InChI is InChI=1S/C11H18N2O5/c1-3-17-11(16)7(2)18-9(14)6-13-5-4-8(12)10(13)15/h4-5,7-8,10,15H,3,6,12H2,1-2H3/t7-,8?,10?/m1/s1. The zero-order valence-electron chi connectivity index (χ0n) is 10.4. The van der Waals surface area contributed by atoms with E-state index in [0.29, 0.717) is 0 Å². The van der Waals surface area contributed by atoms with Gasteiger partial charge in [-0.1, -0.05) is 0 Å². The molecule has 0 saturated carbocycles. The van der Waals surface area contributed by atoms with Crippen LogP contribution in [0.15, 0.2) is 12.3 Å². The number of carbonyl (C=O) groups excluding carboxylic acids is 2. The van der Waals surface area contributed by atoms with Gasteiger partial charge < -0.3 is 25.2 Å². The summed E-state index contributed by atoms with van der Waals surface area (Å²) in [5.41, 5.74) is 5.53. The van der Waals surface area contributed by atoms with Crippen LogP contribution in [0.3, 0.4) is 0 Å². The lowest BCUT2D eigenvalue weighted by Crippen LogP contribution is -2.42. The molecule has 0 amide bonds. The number of nitrogens with two attached hydrogens (primary N) is 1. The molecule has 0 aromatic carbocycles. The molecule has 7 nitrogen and oxygen atoms in total. The molecule has 0 radical (unpaired) electrons. The Balaban J connectivity index is 2.38. The Bertz CT molecular complexity index is 344. The van der Waals surface area contributed by atoms with Crippen molar-refractivity contribution in [3.05, 3.63) is 12.3 Å². The second-order valence-electron chi connectivity index (χ2n) is 3.89. The minimum absolute atomic E-state index is 0.172. The van der Waals surface area contributed by atoms with Crippen molar-refractivity contribution in [3.63, 3.8) is 0 Å². The molecule has 0 aliphatic carbocycles. The van der Waals surface area contributed by atoms with E-state index < -0.39 is 30.3 Å². The number of esters is 2. The molecule has 0 aromatic heterocycles. The number of hydrogen-bond acceptors (Lipinski definition) is 7. The van der Waals surface area contributed by atoms with E-state index in [9.17, 15) is 14.7 Å². The third kappa shape index (κ3) is 3.71. The maximum Gasteiger partial charge on any atom is 0.347 e. The highest BCUT2D eigenvalue weighted by atomic mass is 16.6. The van der Waals surface area contributed by atoms with E-state index in [-0.39, 0.29) is 13.2 Å². The van der Waals surface area contributed by atoms with Crippen LogP contribution in [0.5, 0.6) is 0 Å². The van der Waals surface area contributed by atoms with Crippen molar-refractivity contribution in [2.24, 2.45) is 5.73 Å². The van der Waals surface area contributed by atoms with Crippen molar-refractivity contribution < 1.29 is 24.2 Å². The fraction of sp³-hybridized carbons (Fsp3) is 0.636. The maximum absolute atomic E-state index is 11.5. The molecule has 1 aliphatic rings. The number of aliphatic hydroxyl groups is 1. The van der Waals surface area contributed by atoms with Crippen LogP contribution < -0.4 is 5.73 Å². The number of ether oxygens (including phenoxy) is 2. The smallest absolute Gasteiger partial charge is 0.347 e. The molecule has 0 bridgehead atoms. The quantitative estimate of drug-likeness (QED) is 0.607. The Morgan fingerprint density at radius 2 is 2.22 bits per heavy atom. The van der Waals surface area contributed by atoms with Crippen LogP contribution in [0.2, 0.25) is 0 Å². The van der Waals surface area contributed by atoms with E-state index in [4.69, 9.17) is 15.2 Å². The molecule has 0 saturated heterocycles. The van der Waals surface area contributed by atoms with E-state index in [1.165, 1.54) is 18.0 Å². The number of hydrogen-bond donors (Lipinski definition) is 2. The Morgan fingerprint density at radius 3 is 2.72 bits per heavy atom. The molecule has 18 heavy (non-hydrogen) atoms. The molecule has 0 aromatic rings. The van der Waals surface area contributed by atoms with Gasteiger partial charge in [0.05, 0.1) is 12.6 Å². The minimum Gasteiger partial charge on any atom is -0.463 e. The van der Waals surface area contributed by atoms with Gasteiger partial charge in [-0.05, 0) is 26.1 Å². The fourth-order valence-electron chi connectivity index (χ4n) is 1.46. The summed E-state index contributed by atoms with van der Waals surface area (Å²) in [6, 6.07) is -0.528. The molecule has 0 fully saturated rings. The van der Waals surface area contributed by atoms with Crippen LogP contribution in [0.25, 0.3) is 0 Å². The molecule has 2 unspecified atom stereocenters. The van der Waals surface area contributed by atoms with Crippen molar-refractivity contribution in [1.82, 2.24) is 4.90 Å². The Kier molecular flexibility index (Phi) is 5.11. The lowest BCUT2D eigenvalue weighted by molar-refractivity contribution is -0.167. The Hall–Kier alpha value is -1.60. The van der Waals surface area contributed by atoms with E-state index in [2.05, 4.69) is 0 Å². The highest BCUT2D eigenvalue weighted by Gasteiger charge is 2.27. The molecule has 3 atom stereocenters. The Morgan fingerprint density at radius 1 is 1.56 bits per heavy atom. The highest BCUT2D eigenvalue weighted by molar-refractivity contribution is 5.79. The second kappa shape index (κ2) is 6.36. The van der Waals surface area contributed by atoms with Crippen LogP contribution in [-0.4, -0.2) is 53.5 Å². The lowest BCUT2D eigenvalue weighted by atomic mass is 10.3. The summed E-state index contributed by atoms with van der Waals surface area (Å²) >= 11 is 0. The lowest BCUT2D eigenvalue weighted by Gasteiger charge is -2.22. The van der Waals surface area contributed by atoms with Gasteiger partial charge in [-0.15, -0.1) is 0 Å². The summed E-state index contributed by atoms with van der Waals surface area (Å²) in [6.07, 6.45) is 1.18. The van der Waals surface area contributed by atoms with E-state index in [1.807, 2.05) is 0 Å². The molecular weight excluding hydrogens is 240 g/mol. The van der Waals surface area contributed by atoms with Crippen molar-refractivity contribution in [1.29, 1.82) is 0 Å². The van der Waals surface area contributed by atoms with Gasteiger partial charge in [-0.2, -0.15) is 0 Å². The second-order valence-corrected chi connectivity index (χ2v) is 3.89. The van der Waals surface area contributed by atoms with Gasteiger partial charge >= 0.3 is 11.9 Å². The normalized spacial score (nSPS) is 23.9. The predicted molar refractivity (Wildman–Crippen MR) is 62.0 cm³/mol. The van der Waals surface area contributed by atoms with Gasteiger partial charge in [0.1, 0.15) is 12.8 Å². The van der Waals surface area contributed by atoms with Gasteiger partial charge in [-0.3, -0.25) is 4.79 Å². The number of nitrogens with zero attached hydrogens (tertiary/aromatic N) is 1. The summed E-state index contributed by atoms with van der Waals surface area (Å²) in [5, 5.41) is 9.57. The highest BCUT2D eigenvalue weighted by Crippen LogP contribution is 2.10. The third-order valence-electron chi connectivity index (χ3n) is 2.42. The summed E-state index contributed by atoms with van der Waals surface area (Å²) in [5.74, 6) is -1.23. The first-order valence-electron chi connectivity index (χ1n) is 5.69. The zero-order valence-corrected chi connectivity index (χ0v) is 10.4. The first-order valence-corrected chi connectivity index (χ1v) is 5.69. The molecule has 3 N–H and O–H groups in total. The first kappa shape index (κ1) is 14.5. The first-order chi connectivity index (χ1) is 8.45. The molecule has 0 spiro atoms. The van der Waals surface area contributed by atoms with Gasteiger partial charge in [-0.25, -0.2) is 4.79 Å². The van der Waals surface area contributed by atoms with Gasteiger partial charge in [0.25, 0.3) is 0 Å². The van der Waals surface area contributed by atoms with Crippen LogP contribution in [0.4, 0.5) is 0 Å². The largest absolute Gasteiger partial charge is 0.463 e. The van der Waals surface area contributed by atoms with Crippen molar-refractivity contribution in [2.45, 2.75) is 32.2 Å². The van der Waals surface area contributed by atoms with Crippen LogP contribution in [-0.2, 0) is 19.1 Å². The fourth-order valence-corrected chi connectivity index (χ4v) is 1.46. The third-order valence-corrected chi connectivity index (χ3v) is 2.42. The van der Waals surface area contributed by atoms with E-state index in [0.717, 1.165) is 0 Å². The summed E-state index contributed by atoms with van der Waals surface area (Å²) in [7, 11) is 0. The molecular formula is C11H18N2O5. The predicted octanol–water partition coefficient (Wildman–Crippen LogP) is -1.04. The van der Waals surface area contributed by atoms with Gasteiger partial charge in [0, 0.05) is 0 Å². The van der Waals surface area contributed by atoms with Gasteiger partial charge in [0.2, 0.25) is 0 Å². The SMILES string of the molecule is CCOC(=O)[C@@H](C)OC(=O)CN1C=CC(N)C1O. The van der Waals surface area contributed by atoms with Crippen LogP contribution >= 0.6 is 0 Å². The van der Waals surface area contributed by atoms with E-state index >= 15 is 0 Å². The van der Waals surface area contributed by atoms with Crippen molar-refractivity contribution in [3.8, 4) is 0 Å². The summed E-state index contributed by atoms with van der Waals surface area (Å²) in [4.78, 5) is 24.1. The molecule has 1 heterocycles. The van der Waals surface area contributed by atoms with Crippen molar-refractivity contribution >= 4 is 11.9 Å². The van der Waals surface area contributed by atoms with E-state index in [1.54, 1.807) is 13.0 Å². The number of carbonyl (C=O) groups is 2. The molecule has 1 aliphatic heterocycles. The molecule has 102 valence electrons. The maximum atomic E-state index is 11.5. The average molecular weight is 258 g/mol. The summed E-state index contributed by atoms with van der Waals surface area (Å²) in [6.45, 7) is 3.15. The van der Waals surface area contributed by atoms with Crippen molar-refractivity contribution in [2.75, 3.05) is 13.2 Å². The number of aliphatic hydroxyl groups excluding tert-OH is 1. The monoisotopic (exact) mass is 258 g/mol. The average Bonchev–Trinajstić information content (AvgIpc) is 2.61.